The van der Waals surface area contributed by atoms with Gasteiger partial charge in [-0.25, -0.2) is 4.39 Å². The Kier molecular flexibility index (Phi) is 3.34. The lowest BCUT2D eigenvalue weighted by Crippen LogP contribution is -2.31. The summed E-state index contributed by atoms with van der Waals surface area (Å²) in [6.45, 7) is 4.48. The lowest BCUT2D eigenvalue weighted by atomic mass is 9.74. The minimum absolute atomic E-state index is 0.141. The van der Waals surface area contributed by atoms with Gasteiger partial charge in [-0.3, -0.25) is 0 Å². The summed E-state index contributed by atoms with van der Waals surface area (Å²) in [5, 5.41) is 0. The van der Waals surface area contributed by atoms with Crippen LogP contribution in [0.15, 0.2) is 35.9 Å². The van der Waals surface area contributed by atoms with Crippen molar-refractivity contribution in [3.63, 3.8) is 0 Å². The summed E-state index contributed by atoms with van der Waals surface area (Å²) in [6.07, 6.45) is 5.04. The van der Waals surface area contributed by atoms with Crippen LogP contribution in [0.3, 0.4) is 0 Å². The molecule has 0 amide bonds. The molecule has 2 N–H and O–H groups in total. The fourth-order valence-electron chi connectivity index (χ4n) is 2.78. The van der Waals surface area contributed by atoms with Gasteiger partial charge in [0, 0.05) is 6.04 Å². The van der Waals surface area contributed by atoms with Gasteiger partial charge in [-0.1, -0.05) is 37.6 Å². The van der Waals surface area contributed by atoms with Crippen LogP contribution in [0.25, 0.3) is 0 Å². The van der Waals surface area contributed by atoms with Crippen molar-refractivity contribution in [2.24, 2.45) is 11.1 Å². The number of rotatable bonds is 2. The highest BCUT2D eigenvalue weighted by molar-refractivity contribution is 5.25. The van der Waals surface area contributed by atoms with E-state index in [1.807, 2.05) is 6.07 Å². The van der Waals surface area contributed by atoms with Gasteiger partial charge in [-0.05, 0) is 42.4 Å². The Morgan fingerprint density at radius 2 is 2.18 bits per heavy atom. The first-order chi connectivity index (χ1) is 7.94. The molecule has 1 aromatic carbocycles. The highest BCUT2D eigenvalue weighted by atomic mass is 19.1. The standard InChI is InChI=1S/C15H20FN/c1-15(2)9-12(8-14(17)10-15)6-11-4-3-5-13(16)7-11/h3-5,7-8,14H,6,9-10,17H2,1-2H3. The average Bonchev–Trinajstić information content (AvgIpc) is 2.13. The molecular formula is C15H20FN. The van der Waals surface area contributed by atoms with Crippen LogP contribution >= 0.6 is 0 Å². The maximum absolute atomic E-state index is 13.1. The van der Waals surface area contributed by atoms with Gasteiger partial charge in [0.15, 0.2) is 0 Å². The number of nitrogens with two attached hydrogens (primary N) is 1. The quantitative estimate of drug-likeness (QED) is 0.778. The van der Waals surface area contributed by atoms with Crippen molar-refractivity contribution >= 4 is 0 Å². The minimum atomic E-state index is -0.164. The van der Waals surface area contributed by atoms with Gasteiger partial charge in [0.2, 0.25) is 0 Å². The third-order valence-electron chi connectivity index (χ3n) is 3.26. The van der Waals surface area contributed by atoms with Crippen molar-refractivity contribution < 1.29 is 4.39 Å². The molecule has 92 valence electrons. The second kappa shape index (κ2) is 4.61. The first-order valence-electron chi connectivity index (χ1n) is 6.14. The third kappa shape index (κ3) is 3.40. The largest absolute Gasteiger partial charge is 0.324 e. The van der Waals surface area contributed by atoms with Crippen LogP contribution in [0.2, 0.25) is 0 Å². The Bertz CT molecular complexity index is 434. The summed E-state index contributed by atoms with van der Waals surface area (Å²) >= 11 is 0. The van der Waals surface area contributed by atoms with Crippen molar-refractivity contribution in [2.75, 3.05) is 0 Å². The summed E-state index contributed by atoms with van der Waals surface area (Å²) in [4.78, 5) is 0. The molecule has 1 aromatic rings. The fourth-order valence-corrected chi connectivity index (χ4v) is 2.78. The molecule has 2 rings (SSSR count). The topological polar surface area (TPSA) is 26.0 Å². The van der Waals surface area contributed by atoms with E-state index < -0.39 is 0 Å². The molecule has 1 aliphatic carbocycles. The zero-order chi connectivity index (χ0) is 12.5. The molecule has 2 heteroatoms. The van der Waals surface area contributed by atoms with Gasteiger partial charge in [0.1, 0.15) is 5.82 Å². The molecule has 0 heterocycles. The molecule has 1 atom stereocenters. The molecule has 0 fully saturated rings. The first-order valence-corrected chi connectivity index (χ1v) is 6.14. The second-order valence-electron chi connectivity index (χ2n) is 5.84. The van der Waals surface area contributed by atoms with E-state index in [1.165, 1.54) is 11.6 Å². The Balaban J connectivity index is 2.14. The maximum Gasteiger partial charge on any atom is 0.123 e. The van der Waals surface area contributed by atoms with E-state index in [0.29, 0.717) is 0 Å². The molecule has 1 unspecified atom stereocenters. The van der Waals surface area contributed by atoms with Gasteiger partial charge in [0.25, 0.3) is 0 Å². The van der Waals surface area contributed by atoms with E-state index in [4.69, 9.17) is 5.73 Å². The Morgan fingerprint density at radius 1 is 1.41 bits per heavy atom. The summed E-state index contributed by atoms with van der Waals surface area (Å²) in [7, 11) is 0. The lowest BCUT2D eigenvalue weighted by molar-refractivity contribution is 0.299. The van der Waals surface area contributed by atoms with E-state index in [9.17, 15) is 4.39 Å². The zero-order valence-corrected chi connectivity index (χ0v) is 10.5. The lowest BCUT2D eigenvalue weighted by Gasteiger charge is -2.33. The summed E-state index contributed by atoms with van der Waals surface area (Å²) < 4.78 is 13.1. The average molecular weight is 233 g/mol. The molecule has 1 aliphatic rings. The van der Waals surface area contributed by atoms with Crippen LogP contribution in [0.1, 0.15) is 32.3 Å². The molecule has 0 bridgehead atoms. The van der Waals surface area contributed by atoms with Crippen LogP contribution in [0, 0.1) is 11.2 Å². The molecule has 17 heavy (non-hydrogen) atoms. The maximum atomic E-state index is 13.1. The predicted octanol–water partition coefficient (Wildman–Crippen LogP) is 3.44. The van der Waals surface area contributed by atoms with E-state index in [2.05, 4.69) is 19.9 Å². The number of hydrogen-bond acceptors (Lipinski definition) is 1. The van der Waals surface area contributed by atoms with Gasteiger partial charge in [-0.2, -0.15) is 0 Å². The predicted molar refractivity (Wildman–Crippen MR) is 69.2 cm³/mol. The van der Waals surface area contributed by atoms with Crippen LogP contribution in [-0.2, 0) is 6.42 Å². The molecule has 0 aromatic heterocycles. The van der Waals surface area contributed by atoms with E-state index in [1.54, 1.807) is 12.1 Å². The van der Waals surface area contributed by atoms with Crippen molar-refractivity contribution in [1.82, 2.24) is 0 Å². The number of halogens is 1. The SMILES string of the molecule is CC1(C)CC(Cc2cccc(F)c2)=CC(N)C1. The molecule has 0 radical (unpaired) electrons. The highest BCUT2D eigenvalue weighted by Gasteiger charge is 2.26. The smallest absolute Gasteiger partial charge is 0.123 e. The first kappa shape index (κ1) is 12.3. The number of hydrogen-bond donors (Lipinski definition) is 1. The number of allylic oxidation sites excluding steroid dienone is 1. The zero-order valence-electron chi connectivity index (χ0n) is 10.5. The van der Waals surface area contributed by atoms with Crippen molar-refractivity contribution in [2.45, 2.75) is 39.2 Å². The third-order valence-corrected chi connectivity index (χ3v) is 3.26. The normalized spacial score (nSPS) is 23.3. The van der Waals surface area contributed by atoms with Crippen LogP contribution in [-0.4, -0.2) is 6.04 Å². The van der Waals surface area contributed by atoms with Crippen molar-refractivity contribution in [3.05, 3.63) is 47.3 Å². The highest BCUT2D eigenvalue weighted by Crippen LogP contribution is 2.35. The Morgan fingerprint density at radius 3 is 2.82 bits per heavy atom. The van der Waals surface area contributed by atoms with E-state index in [0.717, 1.165) is 24.8 Å². The summed E-state index contributed by atoms with van der Waals surface area (Å²) in [5.41, 5.74) is 8.66. The van der Waals surface area contributed by atoms with Gasteiger partial charge >= 0.3 is 0 Å². The summed E-state index contributed by atoms with van der Waals surface area (Å²) in [6, 6.07) is 6.96. The van der Waals surface area contributed by atoms with Gasteiger partial charge < -0.3 is 5.73 Å². The van der Waals surface area contributed by atoms with Crippen LogP contribution < -0.4 is 5.73 Å². The second-order valence-corrected chi connectivity index (χ2v) is 5.84. The van der Waals surface area contributed by atoms with Crippen LogP contribution in [0.5, 0.6) is 0 Å². The minimum Gasteiger partial charge on any atom is -0.324 e. The molecule has 0 spiro atoms. The summed E-state index contributed by atoms with van der Waals surface area (Å²) in [5.74, 6) is -0.164. The van der Waals surface area contributed by atoms with Gasteiger partial charge in [0.05, 0.1) is 0 Å². The van der Waals surface area contributed by atoms with Gasteiger partial charge in [-0.15, -0.1) is 0 Å². The number of benzene rings is 1. The van der Waals surface area contributed by atoms with E-state index >= 15 is 0 Å². The molecule has 1 nitrogen and oxygen atoms in total. The monoisotopic (exact) mass is 233 g/mol. The van der Waals surface area contributed by atoms with E-state index in [-0.39, 0.29) is 17.3 Å². The Hall–Kier alpha value is -1.15. The van der Waals surface area contributed by atoms with Crippen molar-refractivity contribution in [1.29, 1.82) is 0 Å². The van der Waals surface area contributed by atoms with Crippen molar-refractivity contribution in [3.8, 4) is 0 Å². The molecular weight excluding hydrogens is 213 g/mol. The Labute approximate surface area is 103 Å². The van der Waals surface area contributed by atoms with Crippen LogP contribution in [0.4, 0.5) is 4.39 Å². The molecule has 0 saturated carbocycles. The fraction of sp³-hybridized carbons (Fsp3) is 0.467. The molecule has 0 saturated heterocycles. The molecule has 0 aliphatic heterocycles.